The summed E-state index contributed by atoms with van der Waals surface area (Å²) in [5.74, 6) is -0.408. The number of hydrogen-bond acceptors (Lipinski definition) is 4. The molecular weight excluding hydrogens is 264 g/mol. The zero-order valence-corrected chi connectivity index (χ0v) is 11.8. The van der Waals surface area contributed by atoms with Crippen molar-refractivity contribution in [3.05, 3.63) is 41.1 Å². The Bertz CT molecular complexity index is 692. The summed E-state index contributed by atoms with van der Waals surface area (Å²) in [6, 6.07) is 9.06. The minimum absolute atomic E-state index is 0.103. The van der Waals surface area contributed by atoms with E-state index in [9.17, 15) is 15.2 Å². The number of Topliss-reactive ketones (excluding diaryl/α,β-unsaturated/α-hetero) is 1. The third-order valence-corrected chi connectivity index (χ3v) is 4.23. The van der Waals surface area contributed by atoms with E-state index in [2.05, 4.69) is 11.1 Å². The number of aliphatic imine (C=N–C) groups is 1. The molecule has 21 heavy (non-hydrogen) atoms. The second kappa shape index (κ2) is 5.17. The third kappa shape index (κ3) is 2.25. The van der Waals surface area contributed by atoms with Crippen molar-refractivity contribution >= 4 is 11.5 Å². The van der Waals surface area contributed by atoms with Gasteiger partial charge in [-0.25, -0.2) is 0 Å². The fraction of sp³-hybridized carbons (Fsp3) is 0.353. The highest BCUT2D eigenvalue weighted by atomic mass is 16.3. The smallest absolute Gasteiger partial charge is 0.161 e. The summed E-state index contributed by atoms with van der Waals surface area (Å²) in [7, 11) is 0. The van der Waals surface area contributed by atoms with Gasteiger partial charge in [0.2, 0.25) is 0 Å². The number of hydrogen-bond donors (Lipinski definition) is 1. The molecule has 2 aliphatic rings. The van der Waals surface area contributed by atoms with Crippen molar-refractivity contribution in [2.24, 2.45) is 10.9 Å². The van der Waals surface area contributed by atoms with Gasteiger partial charge >= 0.3 is 0 Å². The summed E-state index contributed by atoms with van der Waals surface area (Å²) in [4.78, 5) is 16.9. The van der Waals surface area contributed by atoms with Gasteiger partial charge in [0.05, 0.1) is 12.0 Å². The molecule has 2 atom stereocenters. The SMILES string of the molecule is CC1=NC2=C(C(=O)CCC2)C(c2ccc(O)cc2)C1C#N. The van der Waals surface area contributed by atoms with Crippen molar-refractivity contribution in [3.8, 4) is 11.8 Å². The molecule has 106 valence electrons. The zero-order valence-electron chi connectivity index (χ0n) is 11.8. The van der Waals surface area contributed by atoms with Gasteiger partial charge in [0, 0.05) is 29.3 Å². The number of rotatable bonds is 1. The lowest BCUT2D eigenvalue weighted by Gasteiger charge is -2.32. The number of allylic oxidation sites excluding steroid dienone is 2. The first-order chi connectivity index (χ1) is 10.1. The fourth-order valence-electron chi connectivity index (χ4n) is 3.21. The third-order valence-electron chi connectivity index (χ3n) is 4.23. The van der Waals surface area contributed by atoms with Gasteiger partial charge in [-0.05, 0) is 37.5 Å². The molecule has 0 amide bonds. The lowest BCUT2D eigenvalue weighted by Crippen LogP contribution is -2.30. The first-order valence-corrected chi connectivity index (χ1v) is 7.12. The monoisotopic (exact) mass is 280 g/mol. The predicted octanol–water partition coefficient (Wildman–Crippen LogP) is 3.10. The van der Waals surface area contributed by atoms with Crippen molar-refractivity contribution in [1.29, 1.82) is 5.26 Å². The van der Waals surface area contributed by atoms with Crippen molar-refractivity contribution in [1.82, 2.24) is 0 Å². The van der Waals surface area contributed by atoms with Crippen LogP contribution in [0.2, 0.25) is 0 Å². The highest BCUT2D eigenvalue weighted by Crippen LogP contribution is 2.42. The molecule has 4 heteroatoms. The van der Waals surface area contributed by atoms with Crippen molar-refractivity contribution < 1.29 is 9.90 Å². The molecule has 0 bridgehead atoms. The van der Waals surface area contributed by atoms with Gasteiger partial charge in [-0.3, -0.25) is 9.79 Å². The zero-order chi connectivity index (χ0) is 15.0. The van der Waals surface area contributed by atoms with Crippen LogP contribution in [0.15, 0.2) is 40.5 Å². The molecule has 0 saturated heterocycles. The van der Waals surface area contributed by atoms with Crippen LogP contribution in [0.1, 0.15) is 37.7 Å². The molecule has 1 heterocycles. The molecule has 1 aromatic carbocycles. The lowest BCUT2D eigenvalue weighted by molar-refractivity contribution is -0.116. The minimum Gasteiger partial charge on any atom is -0.508 e. The van der Waals surface area contributed by atoms with Crippen LogP contribution >= 0.6 is 0 Å². The number of carbonyl (C=O) groups excluding carboxylic acids is 1. The summed E-state index contributed by atoms with van der Waals surface area (Å²) in [6.45, 7) is 1.85. The summed E-state index contributed by atoms with van der Waals surface area (Å²) in [5, 5.41) is 19.0. The average Bonchev–Trinajstić information content (AvgIpc) is 2.47. The Morgan fingerprint density at radius 1 is 1.29 bits per heavy atom. The molecule has 0 aromatic heterocycles. The fourth-order valence-corrected chi connectivity index (χ4v) is 3.21. The quantitative estimate of drug-likeness (QED) is 0.859. The number of nitrogens with zero attached hydrogens (tertiary/aromatic N) is 2. The van der Waals surface area contributed by atoms with E-state index in [-0.39, 0.29) is 17.5 Å². The van der Waals surface area contributed by atoms with Gasteiger partial charge in [0.25, 0.3) is 0 Å². The van der Waals surface area contributed by atoms with E-state index in [1.54, 1.807) is 24.3 Å². The van der Waals surface area contributed by atoms with E-state index in [0.29, 0.717) is 12.0 Å². The molecule has 1 aliphatic carbocycles. The predicted molar refractivity (Wildman–Crippen MR) is 78.9 cm³/mol. The van der Waals surface area contributed by atoms with Crippen LogP contribution in [0, 0.1) is 17.2 Å². The van der Waals surface area contributed by atoms with Gasteiger partial charge < -0.3 is 5.11 Å². The van der Waals surface area contributed by atoms with Crippen LogP contribution in [0.4, 0.5) is 0 Å². The Morgan fingerprint density at radius 3 is 2.67 bits per heavy atom. The molecule has 1 aromatic rings. The molecule has 1 N–H and O–H groups in total. The van der Waals surface area contributed by atoms with Gasteiger partial charge in [0.1, 0.15) is 5.75 Å². The Balaban J connectivity index is 2.16. The number of ketones is 1. The first kappa shape index (κ1) is 13.6. The normalized spacial score (nSPS) is 25.1. The second-order valence-electron chi connectivity index (χ2n) is 5.57. The van der Waals surface area contributed by atoms with E-state index >= 15 is 0 Å². The highest BCUT2D eigenvalue weighted by Gasteiger charge is 2.38. The van der Waals surface area contributed by atoms with Gasteiger partial charge in [-0.2, -0.15) is 5.26 Å². The molecule has 1 aliphatic heterocycles. The number of phenols is 1. The van der Waals surface area contributed by atoms with Crippen LogP contribution in [0.5, 0.6) is 5.75 Å². The summed E-state index contributed by atoms with van der Waals surface area (Å²) in [5.41, 5.74) is 3.19. The molecular formula is C17H16N2O2. The molecule has 0 spiro atoms. The number of aromatic hydroxyl groups is 1. The van der Waals surface area contributed by atoms with Crippen LogP contribution < -0.4 is 0 Å². The number of carbonyl (C=O) groups is 1. The maximum atomic E-state index is 12.4. The number of phenolic OH excluding ortho intramolecular Hbond substituents is 1. The largest absolute Gasteiger partial charge is 0.508 e. The molecule has 3 rings (SSSR count). The van der Waals surface area contributed by atoms with E-state index < -0.39 is 5.92 Å². The van der Waals surface area contributed by atoms with Crippen molar-refractivity contribution in [3.63, 3.8) is 0 Å². The highest BCUT2D eigenvalue weighted by molar-refractivity contribution is 6.02. The van der Waals surface area contributed by atoms with Gasteiger partial charge in [-0.1, -0.05) is 12.1 Å². The Kier molecular flexibility index (Phi) is 3.34. The first-order valence-electron chi connectivity index (χ1n) is 7.12. The molecule has 0 fully saturated rings. The Hall–Kier alpha value is -2.41. The van der Waals surface area contributed by atoms with E-state index in [0.717, 1.165) is 29.8 Å². The van der Waals surface area contributed by atoms with Gasteiger partial charge in [-0.15, -0.1) is 0 Å². The molecule has 2 unspecified atom stereocenters. The average molecular weight is 280 g/mol. The lowest BCUT2D eigenvalue weighted by atomic mass is 9.72. The maximum absolute atomic E-state index is 12.4. The van der Waals surface area contributed by atoms with E-state index in [1.165, 1.54) is 0 Å². The van der Waals surface area contributed by atoms with Gasteiger partial charge in [0.15, 0.2) is 5.78 Å². The number of benzene rings is 1. The molecule has 0 radical (unpaired) electrons. The van der Waals surface area contributed by atoms with Crippen LogP contribution in [0.25, 0.3) is 0 Å². The number of nitriles is 1. The van der Waals surface area contributed by atoms with E-state index in [1.807, 2.05) is 6.92 Å². The molecule has 4 nitrogen and oxygen atoms in total. The Labute approximate surface area is 123 Å². The summed E-state index contributed by atoms with van der Waals surface area (Å²) >= 11 is 0. The standard InChI is InChI=1S/C17H16N2O2/c1-10-13(9-18)16(11-5-7-12(20)8-6-11)17-14(19-10)3-2-4-15(17)21/h5-8,13,16,20H,2-4H2,1H3. The Morgan fingerprint density at radius 2 is 2.00 bits per heavy atom. The van der Waals surface area contributed by atoms with Crippen LogP contribution in [-0.2, 0) is 4.79 Å². The van der Waals surface area contributed by atoms with Crippen molar-refractivity contribution in [2.45, 2.75) is 32.1 Å². The van der Waals surface area contributed by atoms with Crippen LogP contribution in [0.3, 0.4) is 0 Å². The van der Waals surface area contributed by atoms with Crippen LogP contribution in [-0.4, -0.2) is 16.6 Å². The van der Waals surface area contributed by atoms with E-state index in [4.69, 9.17) is 0 Å². The van der Waals surface area contributed by atoms with Crippen molar-refractivity contribution in [2.75, 3.05) is 0 Å². The summed E-state index contributed by atoms with van der Waals surface area (Å²) < 4.78 is 0. The second-order valence-corrected chi connectivity index (χ2v) is 5.57. The summed E-state index contributed by atoms with van der Waals surface area (Å²) in [6.07, 6.45) is 2.15. The maximum Gasteiger partial charge on any atom is 0.161 e. The topological polar surface area (TPSA) is 73.4 Å². The molecule has 0 saturated carbocycles. The minimum atomic E-state index is -0.421.